The minimum atomic E-state index is -0.304. The van der Waals surface area contributed by atoms with Crippen LogP contribution in [0.15, 0.2) is 24.3 Å². The van der Waals surface area contributed by atoms with Gasteiger partial charge >= 0.3 is 0 Å². The first-order valence-corrected chi connectivity index (χ1v) is 6.14. The van der Waals surface area contributed by atoms with Gasteiger partial charge in [0.1, 0.15) is 5.82 Å². The topological polar surface area (TPSA) is 20.3 Å². The fraction of sp³-hybridized carbons (Fsp3) is 0.500. The zero-order valence-electron chi connectivity index (χ0n) is 10.3. The number of halogens is 1. The van der Waals surface area contributed by atoms with E-state index >= 15 is 0 Å². The lowest BCUT2D eigenvalue weighted by Crippen LogP contribution is -2.44. The van der Waals surface area contributed by atoms with Crippen LogP contribution < -0.4 is 0 Å². The smallest absolute Gasteiger partial charge is 0.254 e. The summed E-state index contributed by atoms with van der Waals surface area (Å²) in [7, 11) is 0. The number of carbonyl (C=O) groups excluding carboxylic acids is 1. The van der Waals surface area contributed by atoms with Gasteiger partial charge in [-0.2, -0.15) is 0 Å². The van der Waals surface area contributed by atoms with Crippen molar-refractivity contribution in [2.24, 2.45) is 5.92 Å². The second-order valence-corrected chi connectivity index (χ2v) is 4.98. The van der Waals surface area contributed by atoms with E-state index in [1.807, 2.05) is 4.90 Å². The quantitative estimate of drug-likeness (QED) is 0.732. The summed E-state index contributed by atoms with van der Waals surface area (Å²) in [5.74, 6) is 0.397. The van der Waals surface area contributed by atoms with Crippen molar-refractivity contribution in [3.8, 4) is 0 Å². The molecule has 1 aliphatic rings. The lowest BCUT2D eigenvalue weighted by Gasteiger charge is -2.36. The predicted octanol–water partition coefficient (Wildman–Crippen LogP) is 3.09. The third kappa shape index (κ3) is 2.65. The Hall–Kier alpha value is -1.38. The summed E-state index contributed by atoms with van der Waals surface area (Å²) >= 11 is 0. The molecule has 2 rings (SSSR count). The van der Waals surface area contributed by atoms with E-state index in [4.69, 9.17) is 0 Å². The monoisotopic (exact) mass is 235 g/mol. The van der Waals surface area contributed by atoms with E-state index in [2.05, 4.69) is 13.8 Å². The Morgan fingerprint density at radius 2 is 1.94 bits per heavy atom. The first-order chi connectivity index (χ1) is 8.08. The maximum Gasteiger partial charge on any atom is 0.254 e. The Bertz CT molecular complexity index is 401. The van der Waals surface area contributed by atoms with Crippen LogP contribution in [0.25, 0.3) is 0 Å². The van der Waals surface area contributed by atoms with Crippen LogP contribution in [0.4, 0.5) is 4.39 Å². The summed E-state index contributed by atoms with van der Waals surface area (Å²) in [5, 5.41) is 0. The van der Waals surface area contributed by atoms with Gasteiger partial charge in [0, 0.05) is 18.2 Å². The average molecular weight is 235 g/mol. The van der Waals surface area contributed by atoms with Gasteiger partial charge in [-0.25, -0.2) is 4.39 Å². The molecule has 2 unspecified atom stereocenters. The van der Waals surface area contributed by atoms with Crippen molar-refractivity contribution >= 4 is 5.91 Å². The molecular formula is C14H18FNO. The number of amides is 1. The molecule has 0 N–H and O–H groups in total. The third-order valence-electron chi connectivity index (χ3n) is 3.49. The predicted molar refractivity (Wildman–Crippen MR) is 65.3 cm³/mol. The Balaban J connectivity index is 2.12. The van der Waals surface area contributed by atoms with Crippen LogP contribution >= 0.6 is 0 Å². The number of benzene rings is 1. The van der Waals surface area contributed by atoms with E-state index < -0.39 is 0 Å². The highest BCUT2D eigenvalue weighted by atomic mass is 19.1. The first kappa shape index (κ1) is 12.1. The summed E-state index contributed by atoms with van der Waals surface area (Å²) in [6.45, 7) is 5.10. The molecule has 0 radical (unpaired) electrons. The molecule has 1 aliphatic heterocycles. The van der Waals surface area contributed by atoms with Crippen molar-refractivity contribution in [1.29, 1.82) is 0 Å². The Morgan fingerprint density at radius 1 is 1.29 bits per heavy atom. The number of carbonyl (C=O) groups is 1. The normalized spacial score (nSPS) is 24.8. The molecule has 1 saturated heterocycles. The molecule has 1 fully saturated rings. The molecule has 3 heteroatoms. The molecule has 0 bridgehead atoms. The zero-order valence-corrected chi connectivity index (χ0v) is 10.3. The Labute approximate surface area is 101 Å². The number of hydrogen-bond acceptors (Lipinski definition) is 1. The van der Waals surface area contributed by atoms with Crippen LogP contribution in [0.5, 0.6) is 0 Å². The maximum absolute atomic E-state index is 12.8. The first-order valence-electron chi connectivity index (χ1n) is 6.14. The van der Waals surface area contributed by atoms with Crippen molar-refractivity contribution in [1.82, 2.24) is 4.90 Å². The summed E-state index contributed by atoms with van der Waals surface area (Å²) < 4.78 is 12.8. The van der Waals surface area contributed by atoms with Crippen molar-refractivity contribution in [2.75, 3.05) is 6.54 Å². The van der Waals surface area contributed by atoms with Crippen LogP contribution in [0.3, 0.4) is 0 Å². The number of rotatable bonds is 1. The third-order valence-corrected chi connectivity index (χ3v) is 3.49. The van der Waals surface area contributed by atoms with E-state index in [9.17, 15) is 9.18 Å². The minimum absolute atomic E-state index is 0.0180. The van der Waals surface area contributed by atoms with Crippen LogP contribution in [0.2, 0.25) is 0 Å². The van der Waals surface area contributed by atoms with Gasteiger partial charge in [0.2, 0.25) is 0 Å². The van der Waals surface area contributed by atoms with E-state index in [1.165, 1.54) is 12.1 Å². The maximum atomic E-state index is 12.8. The van der Waals surface area contributed by atoms with Crippen molar-refractivity contribution < 1.29 is 9.18 Å². The molecule has 0 aromatic heterocycles. The van der Waals surface area contributed by atoms with Gasteiger partial charge in [0.05, 0.1) is 0 Å². The van der Waals surface area contributed by atoms with Crippen molar-refractivity contribution in [3.63, 3.8) is 0 Å². The Kier molecular flexibility index (Phi) is 3.46. The number of hydrogen-bond donors (Lipinski definition) is 0. The lowest BCUT2D eigenvalue weighted by atomic mass is 9.93. The molecule has 92 valence electrons. The van der Waals surface area contributed by atoms with Gasteiger partial charge in [0.25, 0.3) is 5.91 Å². The second kappa shape index (κ2) is 4.86. The van der Waals surface area contributed by atoms with E-state index in [1.54, 1.807) is 12.1 Å². The highest BCUT2D eigenvalue weighted by Gasteiger charge is 2.27. The molecule has 1 amide bonds. The van der Waals surface area contributed by atoms with Crippen LogP contribution in [0.1, 0.15) is 37.0 Å². The highest BCUT2D eigenvalue weighted by molar-refractivity contribution is 5.94. The van der Waals surface area contributed by atoms with Crippen molar-refractivity contribution in [3.05, 3.63) is 35.6 Å². The van der Waals surface area contributed by atoms with Gasteiger partial charge in [-0.3, -0.25) is 4.79 Å². The van der Waals surface area contributed by atoms with Crippen LogP contribution in [-0.4, -0.2) is 23.4 Å². The van der Waals surface area contributed by atoms with E-state index in [0.29, 0.717) is 11.5 Å². The molecule has 1 heterocycles. The van der Waals surface area contributed by atoms with Gasteiger partial charge in [0.15, 0.2) is 0 Å². The molecular weight excluding hydrogens is 217 g/mol. The van der Waals surface area contributed by atoms with E-state index in [0.717, 1.165) is 19.4 Å². The molecule has 0 saturated carbocycles. The zero-order chi connectivity index (χ0) is 12.4. The summed E-state index contributed by atoms with van der Waals surface area (Å²) in [6, 6.07) is 6.07. The molecule has 2 nitrogen and oxygen atoms in total. The van der Waals surface area contributed by atoms with Crippen LogP contribution in [0, 0.1) is 11.7 Å². The fourth-order valence-corrected chi connectivity index (χ4v) is 2.47. The molecule has 1 aromatic carbocycles. The average Bonchev–Trinajstić information content (AvgIpc) is 2.29. The summed E-state index contributed by atoms with van der Waals surface area (Å²) in [4.78, 5) is 14.1. The molecule has 1 aromatic rings. The van der Waals surface area contributed by atoms with Gasteiger partial charge in [-0.05, 0) is 49.9 Å². The van der Waals surface area contributed by atoms with Gasteiger partial charge < -0.3 is 4.90 Å². The standard InChI is InChI=1S/C14H18FNO/c1-10-7-8-16(11(2)9-10)14(17)12-3-5-13(15)6-4-12/h3-6,10-11H,7-9H2,1-2H3. The molecule has 0 spiro atoms. The lowest BCUT2D eigenvalue weighted by molar-refractivity contribution is 0.0588. The SMILES string of the molecule is CC1CCN(C(=O)c2ccc(F)cc2)C(C)C1. The fourth-order valence-electron chi connectivity index (χ4n) is 2.47. The van der Waals surface area contributed by atoms with Gasteiger partial charge in [-0.15, -0.1) is 0 Å². The highest BCUT2D eigenvalue weighted by Crippen LogP contribution is 2.23. The number of nitrogens with zero attached hydrogens (tertiary/aromatic N) is 1. The van der Waals surface area contributed by atoms with Gasteiger partial charge in [-0.1, -0.05) is 6.92 Å². The molecule has 0 aliphatic carbocycles. The van der Waals surface area contributed by atoms with E-state index in [-0.39, 0.29) is 17.8 Å². The number of likely N-dealkylation sites (tertiary alicyclic amines) is 1. The number of piperidine rings is 1. The molecule has 2 atom stereocenters. The summed E-state index contributed by atoms with van der Waals surface area (Å²) in [5.41, 5.74) is 0.577. The minimum Gasteiger partial charge on any atom is -0.336 e. The second-order valence-electron chi connectivity index (χ2n) is 4.98. The van der Waals surface area contributed by atoms with Crippen molar-refractivity contribution in [2.45, 2.75) is 32.7 Å². The summed E-state index contributed by atoms with van der Waals surface area (Å²) in [6.07, 6.45) is 2.10. The largest absolute Gasteiger partial charge is 0.336 e. The van der Waals surface area contributed by atoms with Crippen LogP contribution in [-0.2, 0) is 0 Å². The Morgan fingerprint density at radius 3 is 2.53 bits per heavy atom. The molecule has 17 heavy (non-hydrogen) atoms.